The summed E-state index contributed by atoms with van der Waals surface area (Å²) >= 11 is 0. The summed E-state index contributed by atoms with van der Waals surface area (Å²) in [5.41, 5.74) is 4.44. The molecule has 0 radical (unpaired) electrons. The maximum atomic E-state index is 13.0. The third-order valence-electron chi connectivity index (χ3n) is 6.18. The standard InChI is InChI=1S/C26H28N2O3/c1-19-18-23(12-15-27-19)22-10-8-21(9-11-22)20(2)28-16-13-26(14-17-29,31-25(28)30)24-6-4-3-5-7-24/h3-12,15,18,20,29H,13-14,16-17H2,1-2H3/t20-,26?/m0/s1. The Hall–Kier alpha value is -3.18. The molecule has 2 aromatic carbocycles. The Morgan fingerprint density at radius 2 is 1.84 bits per heavy atom. The molecule has 1 aliphatic rings. The number of aliphatic hydroxyl groups excluding tert-OH is 1. The van der Waals surface area contributed by atoms with E-state index in [1.54, 1.807) is 4.90 Å². The SMILES string of the molecule is Cc1cc(-c2ccc([C@H](C)N3CCC(CCO)(c4ccccc4)OC3=O)cc2)ccn1. The van der Waals surface area contributed by atoms with Crippen LogP contribution in [0.25, 0.3) is 11.1 Å². The Morgan fingerprint density at radius 1 is 1.10 bits per heavy atom. The lowest BCUT2D eigenvalue weighted by Gasteiger charge is -2.43. The highest BCUT2D eigenvalue weighted by Gasteiger charge is 2.43. The zero-order valence-electron chi connectivity index (χ0n) is 18.0. The van der Waals surface area contributed by atoms with Gasteiger partial charge in [0.15, 0.2) is 0 Å². The Labute approximate surface area is 183 Å². The molecule has 1 N–H and O–H groups in total. The van der Waals surface area contributed by atoms with E-state index in [-0.39, 0.29) is 18.7 Å². The summed E-state index contributed by atoms with van der Waals surface area (Å²) in [5.74, 6) is 0. The highest BCUT2D eigenvalue weighted by Crippen LogP contribution is 2.39. The minimum Gasteiger partial charge on any atom is -0.438 e. The topological polar surface area (TPSA) is 62.7 Å². The van der Waals surface area contributed by atoms with Crippen LogP contribution in [0.5, 0.6) is 0 Å². The van der Waals surface area contributed by atoms with Gasteiger partial charge in [0.25, 0.3) is 0 Å². The van der Waals surface area contributed by atoms with E-state index in [0.29, 0.717) is 19.4 Å². The fourth-order valence-electron chi connectivity index (χ4n) is 4.33. The number of hydrogen-bond donors (Lipinski definition) is 1. The molecule has 1 aliphatic heterocycles. The molecule has 5 heteroatoms. The molecule has 2 heterocycles. The number of pyridine rings is 1. The number of carbonyl (C=O) groups excluding carboxylic acids is 1. The van der Waals surface area contributed by atoms with Crippen LogP contribution in [-0.2, 0) is 10.3 Å². The van der Waals surface area contributed by atoms with Crippen LogP contribution in [0.1, 0.15) is 42.6 Å². The first kappa shape index (κ1) is 21.1. The summed E-state index contributed by atoms with van der Waals surface area (Å²) in [5, 5.41) is 9.61. The van der Waals surface area contributed by atoms with Crippen molar-refractivity contribution < 1.29 is 14.6 Å². The number of amides is 1. The average Bonchev–Trinajstić information content (AvgIpc) is 2.80. The first-order valence-electron chi connectivity index (χ1n) is 10.7. The number of ether oxygens (including phenoxy) is 1. The van der Waals surface area contributed by atoms with Gasteiger partial charge in [-0.15, -0.1) is 0 Å². The molecule has 1 aromatic heterocycles. The van der Waals surface area contributed by atoms with Crippen molar-refractivity contribution in [3.8, 4) is 11.1 Å². The van der Waals surface area contributed by atoms with Crippen molar-refractivity contribution in [3.05, 3.63) is 89.7 Å². The molecule has 1 saturated heterocycles. The molecule has 0 spiro atoms. The van der Waals surface area contributed by atoms with Crippen LogP contribution in [-0.4, -0.2) is 34.2 Å². The number of cyclic esters (lactones) is 1. The molecule has 0 bridgehead atoms. The Balaban J connectivity index is 1.51. The van der Waals surface area contributed by atoms with Gasteiger partial charge in [0, 0.05) is 37.9 Å². The molecule has 160 valence electrons. The van der Waals surface area contributed by atoms with Gasteiger partial charge < -0.3 is 14.7 Å². The number of aryl methyl sites for hydroxylation is 1. The van der Waals surface area contributed by atoms with Crippen molar-refractivity contribution in [1.29, 1.82) is 0 Å². The Kier molecular flexibility index (Phi) is 6.05. The van der Waals surface area contributed by atoms with Gasteiger partial charge >= 0.3 is 6.09 Å². The lowest BCUT2D eigenvalue weighted by molar-refractivity contribution is -0.0718. The van der Waals surface area contributed by atoms with Crippen molar-refractivity contribution in [3.63, 3.8) is 0 Å². The largest absolute Gasteiger partial charge is 0.438 e. The first-order valence-corrected chi connectivity index (χ1v) is 10.7. The van der Waals surface area contributed by atoms with E-state index >= 15 is 0 Å². The highest BCUT2D eigenvalue weighted by atomic mass is 16.6. The maximum Gasteiger partial charge on any atom is 0.411 e. The quantitative estimate of drug-likeness (QED) is 0.597. The third-order valence-corrected chi connectivity index (χ3v) is 6.18. The highest BCUT2D eigenvalue weighted by molar-refractivity contribution is 5.70. The van der Waals surface area contributed by atoms with E-state index in [2.05, 4.69) is 35.3 Å². The summed E-state index contributed by atoms with van der Waals surface area (Å²) < 4.78 is 5.98. The summed E-state index contributed by atoms with van der Waals surface area (Å²) in [6.45, 7) is 4.54. The molecule has 0 saturated carbocycles. The number of aromatic nitrogens is 1. The molecular formula is C26H28N2O3. The van der Waals surface area contributed by atoms with Gasteiger partial charge in [-0.3, -0.25) is 4.98 Å². The van der Waals surface area contributed by atoms with Gasteiger partial charge in [-0.1, -0.05) is 54.6 Å². The monoisotopic (exact) mass is 416 g/mol. The second kappa shape index (κ2) is 8.90. The molecule has 0 aliphatic carbocycles. The molecule has 1 unspecified atom stereocenters. The van der Waals surface area contributed by atoms with Crippen molar-refractivity contribution in [2.75, 3.05) is 13.2 Å². The van der Waals surface area contributed by atoms with Gasteiger partial charge in [-0.2, -0.15) is 0 Å². The number of benzene rings is 2. The van der Waals surface area contributed by atoms with E-state index in [0.717, 1.165) is 27.9 Å². The second-order valence-corrected chi connectivity index (χ2v) is 8.13. The van der Waals surface area contributed by atoms with Crippen LogP contribution in [0.3, 0.4) is 0 Å². The summed E-state index contributed by atoms with van der Waals surface area (Å²) in [6.07, 6.45) is 2.51. The zero-order valence-corrected chi connectivity index (χ0v) is 18.0. The fourth-order valence-corrected chi connectivity index (χ4v) is 4.33. The zero-order chi connectivity index (χ0) is 21.8. The van der Waals surface area contributed by atoms with Crippen LogP contribution in [0.4, 0.5) is 4.79 Å². The number of aliphatic hydroxyl groups is 1. The fraction of sp³-hybridized carbons (Fsp3) is 0.308. The molecule has 4 rings (SSSR count). The first-order chi connectivity index (χ1) is 15.0. The lowest BCUT2D eigenvalue weighted by atomic mass is 9.85. The number of rotatable bonds is 6. The molecule has 2 atom stereocenters. The van der Waals surface area contributed by atoms with Gasteiger partial charge in [-0.05, 0) is 48.2 Å². The predicted molar refractivity (Wildman–Crippen MR) is 120 cm³/mol. The minimum atomic E-state index is -0.771. The van der Waals surface area contributed by atoms with E-state index in [4.69, 9.17) is 4.74 Å². The molecule has 1 amide bonds. The maximum absolute atomic E-state index is 13.0. The lowest BCUT2D eigenvalue weighted by Crippen LogP contribution is -2.49. The minimum absolute atomic E-state index is 0.0341. The van der Waals surface area contributed by atoms with Crippen molar-refractivity contribution in [2.45, 2.75) is 38.3 Å². The molecule has 5 nitrogen and oxygen atoms in total. The molecule has 1 fully saturated rings. The van der Waals surface area contributed by atoms with Crippen LogP contribution in [0.2, 0.25) is 0 Å². The molecule has 31 heavy (non-hydrogen) atoms. The third kappa shape index (κ3) is 4.32. The van der Waals surface area contributed by atoms with Crippen molar-refractivity contribution in [1.82, 2.24) is 9.88 Å². The Bertz CT molecular complexity index is 1040. The number of carbonyl (C=O) groups is 1. The molecule has 3 aromatic rings. The summed E-state index contributed by atoms with van der Waals surface area (Å²) in [6, 6.07) is 22.0. The normalized spacial score (nSPS) is 19.7. The van der Waals surface area contributed by atoms with Crippen LogP contribution < -0.4 is 0 Å². The molecular weight excluding hydrogens is 388 g/mol. The Morgan fingerprint density at radius 3 is 2.48 bits per heavy atom. The summed E-state index contributed by atoms with van der Waals surface area (Å²) in [7, 11) is 0. The number of nitrogens with zero attached hydrogens (tertiary/aromatic N) is 2. The van der Waals surface area contributed by atoms with E-state index in [1.807, 2.05) is 56.4 Å². The van der Waals surface area contributed by atoms with E-state index in [9.17, 15) is 9.90 Å². The van der Waals surface area contributed by atoms with Crippen molar-refractivity contribution >= 4 is 6.09 Å². The van der Waals surface area contributed by atoms with E-state index < -0.39 is 5.60 Å². The van der Waals surface area contributed by atoms with Gasteiger partial charge in [-0.25, -0.2) is 4.79 Å². The van der Waals surface area contributed by atoms with Crippen LogP contribution >= 0.6 is 0 Å². The number of hydrogen-bond acceptors (Lipinski definition) is 4. The van der Waals surface area contributed by atoms with Gasteiger partial charge in [0.2, 0.25) is 0 Å². The summed E-state index contributed by atoms with van der Waals surface area (Å²) in [4.78, 5) is 19.0. The average molecular weight is 417 g/mol. The van der Waals surface area contributed by atoms with Crippen molar-refractivity contribution in [2.24, 2.45) is 0 Å². The van der Waals surface area contributed by atoms with Gasteiger partial charge in [0.1, 0.15) is 5.60 Å². The second-order valence-electron chi connectivity index (χ2n) is 8.13. The van der Waals surface area contributed by atoms with Crippen LogP contribution in [0, 0.1) is 6.92 Å². The van der Waals surface area contributed by atoms with Gasteiger partial charge in [0.05, 0.1) is 6.04 Å². The predicted octanol–water partition coefficient (Wildman–Crippen LogP) is 5.24. The van der Waals surface area contributed by atoms with E-state index in [1.165, 1.54) is 0 Å². The van der Waals surface area contributed by atoms with Crippen LogP contribution in [0.15, 0.2) is 72.9 Å². The smallest absolute Gasteiger partial charge is 0.411 e.